The molecule has 0 atom stereocenters. The van der Waals surface area contributed by atoms with Gasteiger partial charge in [-0.3, -0.25) is 0 Å². The van der Waals surface area contributed by atoms with Crippen LogP contribution < -0.4 is 0 Å². The molecular weight excluding hydrogens is 168 g/mol. The number of benzene rings is 1. The first-order valence-corrected chi connectivity index (χ1v) is 4.58. The lowest BCUT2D eigenvalue weighted by atomic mass is 10.0. The fourth-order valence-corrected chi connectivity index (χ4v) is 1.39. The lowest BCUT2D eigenvalue weighted by Gasteiger charge is -2.02. The zero-order chi connectivity index (χ0) is 8.97. The molecule has 0 bridgehead atoms. The standard InChI is InChI=1S/C11H13Cl/c1-3-10(8-12)11-6-4-9(2)5-7-11/h4-8H,3H2,1-2H3. The highest BCUT2D eigenvalue weighted by molar-refractivity contribution is 6.28. The summed E-state index contributed by atoms with van der Waals surface area (Å²) in [4.78, 5) is 0. The van der Waals surface area contributed by atoms with Crippen LogP contribution in [0.4, 0.5) is 0 Å². The Morgan fingerprint density at radius 2 is 1.92 bits per heavy atom. The Kier molecular flexibility index (Phi) is 3.36. The van der Waals surface area contributed by atoms with E-state index in [0.29, 0.717) is 0 Å². The molecule has 0 aliphatic rings. The molecule has 64 valence electrons. The summed E-state index contributed by atoms with van der Waals surface area (Å²) in [6.45, 7) is 4.19. The second-order valence-electron chi connectivity index (χ2n) is 2.85. The van der Waals surface area contributed by atoms with Gasteiger partial charge < -0.3 is 0 Å². The zero-order valence-electron chi connectivity index (χ0n) is 7.47. The Morgan fingerprint density at radius 1 is 1.33 bits per heavy atom. The van der Waals surface area contributed by atoms with Crippen molar-refractivity contribution >= 4 is 17.2 Å². The van der Waals surface area contributed by atoms with Gasteiger partial charge in [0, 0.05) is 5.54 Å². The van der Waals surface area contributed by atoms with Gasteiger partial charge in [0.05, 0.1) is 0 Å². The second kappa shape index (κ2) is 4.32. The zero-order valence-corrected chi connectivity index (χ0v) is 8.23. The summed E-state index contributed by atoms with van der Waals surface area (Å²) in [5, 5.41) is 0. The Hall–Kier alpha value is -0.750. The summed E-state index contributed by atoms with van der Waals surface area (Å²) >= 11 is 5.68. The normalized spacial score (nSPS) is 11.8. The van der Waals surface area contributed by atoms with Crippen LogP contribution in [0.3, 0.4) is 0 Å². The Balaban J connectivity index is 2.96. The molecule has 0 nitrogen and oxygen atoms in total. The number of allylic oxidation sites excluding steroid dienone is 1. The topological polar surface area (TPSA) is 0 Å². The maximum absolute atomic E-state index is 5.68. The minimum absolute atomic E-state index is 0.979. The first kappa shape index (κ1) is 9.34. The van der Waals surface area contributed by atoms with Crippen molar-refractivity contribution in [2.45, 2.75) is 20.3 Å². The van der Waals surface area contributed by atoms with Gasteiger partial charge in [-0.1, -0.05) is 48.4 Å². The van der Waals surface area contributed by atoms with Crippen molar-refractivity contribution in [3.8, 4) is 0 Å². The van der Waals surface area contributed by atoms with E-state index in [1.54, 1.807) is 5.54 Å². The van der Waals surface area contributed by atoms with Gasteiger partial charge in [0.15, 0.2) is 0 Å². The van der Waals surface area contributed by atoms with Gasteiger partial charge in [-0.2, -0.15) is 0 Å². The highest BCUT2D eigenvalue weighted by atomic mass is 35.5. The molecule has 0 radical (unpaired) electrons. The molecular formula is C11H13Cl. The highest BCUT2D eigenvalue weighted by Crippen LogP contribution is 2.18. The van der Waals surface area contributed by atoms with E-state index in [1.807, 2.05) is 0 Å². The molecule has 0 saturated heterocycles. The fraction of sp³-hybridized carbons (Fsp3) is 0.273. The largest absolute Gasteiger partial charge is 0.0926 e. The number of aryl methyl sites for hydroxylation is 1. The minimum atomic E-state index is 0.979. The monoisotopic (exact) mass is 180 g/mol. The minimum Gasteiger partial charge on any atom is -0.0926 e. The first-order chi connectivity index (χ1) is 5.77. The Morgan fingerprint density at radius 3 is 2.33 bits per heavy atom. The SMILES string of the molecule is CCC(=CCl)c1ccc(C)cc1. The molecule has 1 heteroatoms. The molecule has 1 aromatic carbocycles. The van der Waals surface area contributed by atoms with Crippen LogP contribution in [-0.2, 0) is 0 Å². The molecule has 0 N–H and O–H groups in total. The molecule has 0 aliphatic carbocycles. The van der Waals surface area contributed by atoms with Crippen molar-refractivity contribution in [2.24, 2.45) is 0 Å². The fourth-order valence-electron chi connectivity index (χ4n) is 1.11. The summed E-state index contributed by atoms with van der Waals surface area (Å²) in [6, 6.07) is 8.41. The van der Waals surface area contributed by atoms with Gasteiger partial charge in [0.25, 0.3) is 0 Å². The van der Waals surface area contributed by atoms with Crippen molar-refractivity contribution in [2.75, 3.05) is 0 Å². The maximum atomic E-state index is 5.68. The third-order valence-electron chi connectivity index (χ3n) is 1.93. The van der Waals surface area contributed by atoms with Crippen LogP contribution in [0.1, 0.15) is 24.5 Å². The molecule has 0 saturated carbocycles. The van der Waals surface area contributed by atoms with Crippen molar-refractivity contribution < 1.29 is 0 Å². The molecule has 0 fully saturated rings. The quantitative estimate of drug-likeness (QED) is 0.646. The molecule has 0 unspecified atom stereocenters. The van der Waals surface area contributed by atoms with E-state index in [2.05, 4.69) is 38.1 Å². The van der Waals surface area contributed by atoms with Crippen LogP contribution in [0.25, 0.3) is 5.57 Å². The van der Waals surface area contributed by atoms with E-state index in [0.717, 1.165) is 6.42 Å². The third kappa shape index (κ3) is 2.12. The summed E-state index contributed by atoms with van der Waals surface area (Å²) < 4.78 is 0. The van der Waals surface area contributed by atoms with Gasteiger partial charge in [-0.25, -0.2) is 0 Å². The van der Waals surface area contributed by atoms with E-state index in [1.165, 1.54) is 16.7 Å². The third-order valence-corrected chi connectivity index (χ3v) is 2.20. The smallest absolute Gasteiger partial charge is 0.00804 e. The number of halogens is 1. The molecule has 12 heavy (non-hydrogen) atoms. The number of hydrogen-bond donors (Lipinski definition) is 0. The molecule has 0 spiro atoms. The summed E-state index contributed by atoms with van der Waals surface area (Å²) in [7, 11) is 0. The predicted octanol–water partition coefficient (Wildman–Crippen LogP) is 3.98. The van der Waals surface area contributed by atoms with E-state index in [-0.39, 0.29) is 0 Å². The van der Waals surface area contributed by atoms with E-state index >= 15 is 0 Å². The van der Waals surface area contributed by atoms with Crippen LogP contribution >= 0.6 is 11.6 Å². The molecule has 0 aliphatic heterocycles. The summed E-state index contributed by atoms with van der Waals surface area (Å²) in [5.74, 6) is 0. The average molecular weight is 181 g/mol. The maximum Gasteiger partial charge on any atom is 0.00804 e. The average Bonchev–Trinajstić information content (AvgIpc) is 2.10. The van der Waals surface area contributed by atoms with Crippen LogP contribution in [-0.4, -0.2) is 0 Å². The van der Waals surface area contributed by atoms with Gasteiger partial charge in [-0.15, -0.1) is 0 Å². The van der Waals surface area contributed by atoms with Crippen molar-refractivity contribution in [3.63, 3.8) is 0 Å². The van der Waals surface area contributed by atoms with Crippen LogP contribution in [0.2, 0.25) is 0 Å². The number of hydrogen-bond acceptors (Lipinski definition) is 0. The van der Waals surface area contributed by atoms with Gasteiger partial charge in [0.1, 0.15) is 0 Å². The molecule has 0 heterocycles. The summed E-state index contributed by atoms with van der Waals surface area (Å²) in [6.07, 6.45) is 0.979. The lowest BCUT2D eigenvalue weighted by Crippen LogP contribution is -1.81. The van der Waals surface area contributed by atoms with Gasteiger partial charge >= 0.3 is 0 Å². The predicted molar refractivity (Wildman–Crippen MR) is 55.3 cm³/mol. The molecule has 0 amide bonds. The molecule has 0 aromatic heterocycles. The van der Waals surface area contributed by atoms with Crippen molar-refractivity contribution in [3.05, 3.63) is 40.9 Å². The van der Waals surface area contributed by atoms with Gasteiger partial charge in [0.2, 0.25) is 0 Å². The van der Waals surface area contributed by atoms with Crippen molar-refractivity contribution in [1.82, 2.24) is 0 Å². The van der Waals surface area contributed by atoms with E-state index < -0.39 is 0 Å². The molecule has 1 rings (SSSR count). The first-order valence-electron chi connectivity index (χ1n) is 4.14. The highest BCUT2D eigenvalue weighted by Gasteiger charge is 1.96. The Bertz CT molecular complexity index is 270. The molecule has 1 aromatic rings. The summed E-state index contributed by atoms with van der Waals surface area (Å²) in [5.41, 5.74) is 5.35. The van der Waals surface area contributed by atoms with Crippen molar-refractivity contribution in [1.29, 1.82) is 0 Å². The second-order valence-corrected chi connectivity index (χ2v) is 3.07. The van der Waals surface area contributed by atoms with E-state index in [9.17, 15) is 0 Å². The lowest BCUT2D eigenvalue weighted by molar-refractivity contribution is 1.24. The van der Waals surface area contributed by atoms with Crippen LogP contribution in [0.15, 0.2) is 29.8 Å². The van der Waals surface area contributed by atoms with Gasteiger partial charge in [-0.05, 0) is 24.5 Å². The Labute approximate surface area is 78.9 Å². The van der Waals surface area contributed by atoms with Crippen LogP contribution in [0, 0.1) is 6.92 Å². The van der Waals surface area contributed by atoms with Crippen LogP contribution in [0.5, 0.6) is 0 Å². The van der Waals surface area contributed by atoms with E-state index in [4.69, 9.17) is 11.6 Å². The number of rotatable bonds is 2.